The van der Waals surface area contributed by atoms with Gasteiger partial charge in [0, 0.05) is 0 Å². The minimum absolute atomic E-state index is 0.0321. The number of benzene rings is 2. The summed E-state index contributed by atoms with van der Waals surface area (Å²) >= 11 is -0.0321. The molecule has 2 aromatic rings. The summed E-state index contributed by atoms with van der Waals surface area (Å²) < 4.78 is 24.1. The van der Waals surface area contributed by atoms with E-state index >= 15 is 0 Å². The number of halogens is 1. The summed E-state index contributed by atoms with van der Waals surface area (Å²) in [6.45, 7) is 0.511. The Hall–Kier alpha value is -2.02. The summed E-state index contributed by atoms with van der Waals surface area (Å²) in [5.74, 6) is 1.36. The zero-order chi connectivity index (χ0) is 14.2. The number of hydrogen-bond donors (Lipinski definition) is 0. The second-order valence-electron chi connectivity index (χ2n) is 3.82. The average Bonchev–Trinajstić information content (AvgIpc) is 2.44. The van der Waals surface area contributed by atoms with E-state index in [2.05, 4.69) is 4.97 Å². The van der Waals surface area contributed by atoms with Gasteiger partial charge >= 0.3 is 123 Å². The monoisotopic (exact) mass is 337 g/mol. The van der Waals surface area contributed by atoms with Gasteiger partial charge in [-0.2, -0.15) is 0 Å². The normalized spacial score (nSPS) is 9.80. The summed E-state index contributed by atoms with van der Waals surface area (Å²) in [5.41, 5.74) is 0. The SMILES string of the molecule is N#C[Se]CCOc1cccc(Oc2cccc(F)c2)c1. The molecule has 0 aliphatic heterocycles. The molecule has 0 aromatic heterocycles. The number of nitrogens with zero attached hydrogens (tertiary/aromatic N) is 1. The summed E-state index contributed by atoms with van der Waals surface area (Å²) in [4.78, 5) is 2.13. The van der Waals surface area contributed by atoms with E-state index in [0.29, 0.717) is 23.9 Å². The summed E-state index contributed by atoms with van der Waals surface area (Å²) in [6, 6.07) is 13.1. The molecule has 2 rings (SSSR count). The molecule has 0 fully saturated rings. The molecule has 0 amide bonds. The first-order valence-corrected chi connectivity index (χ1v) is 8.02. The zero-order valence-electron chi connectivity index (χ0n) is 10.6. The van der Waals surface area contributed by atoms with Crippen LogP contribution in [0.25, 0.3) is 0 Å². The third-order valence-electron chi connectivity index (χ3n) is 2.36. The predicted molar refractivity (Wildman–Crippen MR) is 74.6 cm³/mol. The van der Waals surface area contributed by atoms with Crippen molar-refractivity contribution in [1.82, 2.24) is 0 Å². The second-order valence-corrected chi connectivity index (χ2v) is 5.67. The first kappa shape index (κ1) is 14.4. The van der Waals surface area contributed by atoms with E-state index in [9.17, 15) is 4.39 Å². The van der Waals surface area contributed by atoms with Crippen LogP contribution in [0.2, 0.25) is 5.32 Å². The van der Waals surface area contributed by atoms with E-state index in [0.717, 1.165) is 5.32 Å². The van der Waals surface area contributed by atoms with Crippen molar-refractivity contribution < 1.29 is 13.9 Å². The van der Waals surface area contributed by atoms with Crippen molar-refractivity contribution in [1.29, 1.82) is 5.26 Å². The summed E-state index contributed by atoms with van der Waals surface area (Å²) in [6.07, 6.45) is 0. The van der Waals surface area contributed by atoms with Crippen LogP contribution in [0.5, 0.6) is 17.2 Å². The fraction of sp³-hybridized carbons (Fsp3) is 0.133. The van der Waals surface area contributed by atoms with Crippen LogP contribution in [0.15, 0.2) is 48.5 Å². The van der Waals surface area contributed by atoms with Crippen LogP contribution in [0.4, 0.5) is 4.39 Å². The van der Waals surface area contributed by atoms with Crippen molar-refractivity contribution in [3.63, 3.8) is 0 Å². The molecule has 0 radical (unpaired) electrons. The Labute approximate surface area is 123 Å². The molecule has 0 atom stereocenters. The van der Waals surface area contributed by atoms with Crippen LogP contribution >= 0.6 is 0 Å². The molecule has 0 unspecified atom stereocenters. The molecular weight excluding hydrogens is 324 g/mol. The van der Waals surface area contributed by atoms with E-state index in [1.54, 1.807) is 30.3 Å². The van der Waals surface area contributed by atoms with E-state index < -0.39 is 0 Å². The molecule has 5 heteroatoms. The van der Waals surface area contributed by atoms with Crippen molar-refractivity contribution in [2.75, 3.05) is 6.61 Å². The molecular formula is C15H12FNO2Se. The number of ether oxygens (including phenoxy) is 2. The molecule has 0 bridgehead atoms. The number of hydrogen-bond acceptors (Lipinski definition) is 3. The summed E-state index contributed by atoms with van der Waals surface area (Å²) in [7, 11) is 0. The molecule has 0 aliphatic rings. The molecule has 0 heterocycles. The summed E-state index contributed by atoms with van der Waals surface area (Å²) in [5, 5.41) is 9.21. The average molecular weight is 336 g/mol. The Morgan fingerprint density at radius 3 is 2.50 bits per heavy atom. The van der Waals surface area contributed by atoms with Gasteiger partial charge in [-0.1, -0.05) is 0 Å². The Morgan fingerprint density at radius 1 is 1.05 bits per heavy atom. The van der Waals surface area contributed by atoms with Crippen LogP contribution in [-0.4, -0.2) is 21.6 Å². The van der Waals surface area contributed by atoms with Crippen molar-refractivity contribution in [3.05, 3.63) is 54.3 Å². The van der Waals surface area contributed by atoms with Gasteiger partial charge < -0.3 is 0 Å². The van der Waals surface area contributed by atoms with E-state index in [1.807, 2.05) is 6.07 Å². The fourth-order valence-electron chi connectivity index (χ4n) is 1.54. The first-order chi connectivity index (χ1) is 9.78. The van der Waals surface area contributed by atoms with Gasteiger partial charge in [0.25, 0.3) is 0 Å². The first-order valence-electron chi connectivity index (χ1n) is 5.95. The van der Waals surface area contributed by atoms with Crippen molar-refractivity contribution >= 4 is 15.0 Å². The Bertz CT molecular complexity index is 613. The molecule has 3 nitrogen and oxygen atoms in total. The van der Waals surface area contributed by atoms with Crippen LogP contribution in [0.3, 0.4) is 0 Å². The van der Waals surface area contributed by atoms with Gasteiger partial charge in [-0.15, -0.1) is 0 Å². The topological polar surface area (TPSA) is 42.2 Å². The molecule has 0 saturated heterocycles. The van der Waals surface area contributed by atoms with E-state index in [-0.39, 0.29) is 20.8 Å². The van der Waals surface area contributed by atoms with Crippen molar-refractivity contribution in [2.45, 2.75) is 5.32 Å². The van der Waals surface area contributed by atoms with E-state index in [4.69, 9.17) is 14.7 Å². The van der Waals surface area contributed by atoms with Gasteiger partial charge in [-0.25, -0.2) is 0 Å². The Kier molecular flexibility index (Phi) is 5.42. The molecule has 102 valence electrons. The molecule has 0 N–H and O–H groups in total. The fourth-order valence-corrected chi connectivity index (χ4v) is 2.08. The van der Waals surface area contributed by atoms with Crippen LogP contribution in [-0.2, 0) is 0 Å². The molecule has 20 heavy (non-hydrogen) atoms. The third-order valence-corrected chi connectivity index (χ3v) is 3.40. The Balaban J connectivity index is 1.97. The van der Waals surface area contributed by atoms with Crippen molar-refractivity contribution in [2.24, 2.45) is 0 Å². The number of rotatable bonds is 6. The van der Waals surface area contributed by atoms with Gasteiger partial charge in [0.05, 0.1) is 0 Å². The van der Waals surface area contributed by atoms with Crippen LogP contribution in [0.1, 0.15) is 0 Å². The van der Waals surface area contributed by atoms with Crippen LogP contribution < -0.4 is 9.47 Å². The zero-order valence-corrected chi connectivity index (χ0v) is 12.3. The van der Waals surface area contributed by atoms with E-state index in [1.165, 1.54) is 12.1 Å². The third kappa shape index (κ3) is 4.58. The molecule has 0 aliphatic carbocycles. The molecule has 0 saturated carbocycles. The van der Waals surface area contributed by atoms with Gasteiger partial charge in [-0.3, -0.25) is 0 Å². The standard InChI is InChI=1S/C15H12FNO2Se/c16-12-3-1-5-14(9-12)19-15-6-2-4-13(10-15)18-7-8-20-11-17/h1-6,9-10H,7-8H2. The molecule has 0 spiro atoms. The van der Waals surface area contributed by atoms with Gasteiger partial charge in [0.1, 0.15) is 0 Å². The minimum atomic E-state index is -0.339. The predicted octanol–water partition coefficient (Wildman–Crippen LogP) is 3.60. The second kappa shape index (κ2) is 7.54. The quantitative estimate of drug-likeness (QED) is 0.598. The van der Waals surface area contributed by atoms with Gasteiger partial charge in [0.15, 0.2) is 0 Å². The molecule has 2 aromatic carbocycles. The van der Waals surface area contributed by atoms with Crippen LogP contribution in [0, 0.1) is 16.0 Å². The maximum atomic E-state index is 13.1. The number of nitriles is 1. The maximum absolute atomic E-state index is 13.1. The Morgan fingerprint density at radius 2 is 1.75 bits per heavy atom. The van der Waals surface area contributed by atoms with Gasteiger partial charge in [-0.05, 0) is 0 Å². The van der Waals surface area contributed by atoms with Crippen molar-refractivity contribution in [3.8, 4) is 22.2 Å². The van der Waals surface area contributed by atoms with Gasteiger partial charge in [0.2, 0.25) is 0 Å².